The third-order valence-corrected chi connectivity index (χ3v) is 5.64. The molecule has 0 unspecified atom stereocenters. The van der Waals surface area contributed by atoms with Crippen LogP contribution in [0, 0.1) is 0 Å². The molecule has 0 aromatic rings. The van der Waals surface area contributed by atoms with Gasteiger partial charge in [-0.3, -0.25) is 4.79 Å². The predicted molar refractivity (Wildman–Crippen MR) is 131 cm³/mol. The van der Waals surface area contributed by atoms with E-state index in [1.54, 1.807) is 0 Å². The lowest BCUT2D eigenvalue weighted by Gasteiger charge is -2.12. The molecule has 0 aliphatic carbocycles. The summed E-state index contributed by atoms with van der Waals surface area (Å²) in [4.78, 5) is 22.1. The molecule has 1 amide bonds. The highest BCUT2D eigenvalue weighted by Gasteiger charge is 2.17. The molecule has 0 heterocycles. The summed E-state index contributed by atoms with van der Waals surface area (Å²) >= 11 is 1.52. The van der Waals surface area contributed by atoms with Gasteiger partial charge in [0.15, 0.2) is 0 Å². The molecule has 0 saturated heterocycles. The van der Waals surface area contributed by atoms with Crippen LogP contribution in [0.2, 0.25) is 0 Å². The molecule has 1 atom stereocenters. The highest BCUT2D eigenvalue weighted by Crippen LogP contribution is 2.14. The average Bonchev–Trinajstić information content (AvgIpc) is 2.63. The number of nitrogens with one attached hydrogen (secondary N) is 1. The van der Waals surface area contributed by atoms with Crippen molar-refractivity contribution in [1.29, 1.82) is 0 Å². The summed E-state index contributed by atoms with van der Waals surface area (Å²) in [6.07, 6.45) is 15.7. The Labute approximate surface area is 188 Å². The largest absolute Gasteiger partial charge is 0.480 e. The normalized spacial score (nSPS) is 13.7. The Kier molecular flexibility index (Phi) is 16.0. The molecule has 4 nitrogen and oxygen atoms in total. The highest BCUT2D eigenvalue weighted by molar-refractivity contribution is 7.99. The number of allylic oxidation sites excluding steroid dienone is 7. The molecule has 5 heteroatoms. The van der Waals surface area contributed by atoms with Gasteiger partial charge < -0.3 is 10.4 Å². The Morgan fingerprint density at radius 2 is 1.27 bits per heavy atom. The van der Waals surface area contributed by atoms with Gasteiger partial charge in [0.2, 0.25) is 5.91 Å². The number of aliphatic carboxylic acids is 1. The van der Waals surface area contributed by atoms with E-state index in [-0.39, 0.29) is 5.91 Å². The van der Waals surface area contributed by atoms with Crippen molar-refractivity contribution >= 4 is 23.6 Å². The van der Waals surface area contributed by atoms with Crippen molar-refractivity contribution in [1.82, 2.24) is 5.32 Å². The maximum Gasteiger partial charge on any atom is 0.327 e. The standard InChI is InChI=1S/C25H41NO3S/c1-19(2)10-7-11-20(3)12-8-13-21(4)14-9-15-22(5)16-17-30-18-24(25(28)29)26-23(6)27/h10,12,14,16,24H,7-9,11,13,15,17-18H2,1-6H3,(H,26,27)(H,28,29)/b20-12+,21-14?,22-16+/t24-/m0/s1. The van der Waals surface area contributed by atoms with Crippen molar-refractivity contribution in [2.24, 2.45) is 0 Å². The molecule has 0 radical (unpaired) electrons. The zero-order valence-electron chi connectivity index (χ0n) is 19.7. The van der Waals surface area contributed by atoms with E-state index >= 15 is 0 Å². The first-order valence-electron chi connectivity index (χ1n) is 10.8. The molecular formula is C25H41NO3S. The maximum absolute atomic E-state index is 11.1. The number of carbonyl (C=O) groups is 2. The van der Waals surface area contributed by atoms with Gasteiger partial charge in [-0.2, -0.15) is 11.8 Å². The van der Waals surface area contributed by atoms with E-state index in [2.05, 4.69) is 64.2 Å². The van der Waals surface area contributed by atoms with Gasteiger partial charge in [-0.15, -0.1) is 0 Å². The van der Waals surface area contributed by atoms with E-state index in [9.17, 15) is 9.59 Å². The molecule has 0 aromatic carbocycles. The number of carboxylic acids is 1. The molecule has 0 rings (SSSR count). The van der Waals surface area contributed by atoms with E-state index < -0.39 is 12.0 Å². The van der Waals surface area contributed by atoms with Crippen LogP contribution in [0.1, 0.15) is 80.1 Å². The van der Waals surface area contributed by atoms with Gasteiger partial charge in [-0.25, -0.2) is 4.79 Å². The van der Waals surface area contributed by atoms with Gasteiger partial charge in [-0.1, -0.05) is 46.6 Å². The third-order valence-electron chi connectivity index (χ3n) is 4.66. The summed E-state index contributed by atoms with van der Waals surface area (Å²) in [6.45, 7) is 12.2. The smallest absolute Gasteiger partial charge is 0.327 e. The van der Waals surface area contributed by atoms with Gasteiger partial charge in [-0.05, 0) is 73.1 Å². The number of carbonyl (C=O) groups excluding carboxylic acids is 1. The molecule has 0 spiro atoms. The Morgan fingerprint density at radius 1 is 0.800 bits per heavy atom. The van der Waals surface area contributed by atoms with E-state index in [0.717, 1.165) is 44.3 Å². The van der Waals surface area contributed by atoms with Crippen LogP contribution >= 0.6 is 11.8 Å². The molecule has 0 aliphatic heterocycles. The third kappa shape index (κ3) is 17.1. The molecular weight excluding hydrogens is 394 g/mol. The molecule has 0 saturated carbocycles. The fourth-order valence-electron chi connectivity index (χ4n) is 2.79. The molecule has 0 bridgehead atoms. The zero-order chi connectivity index (χ0) is 22.9. The second-order valence-electron chi connectivity index (χ2n) is 8.18. The van der Waals surface area contributed by atoms with Gasteiger partial charge in [0.1, 0.15) is 6.04 Å². The van der Waals surface area contributed by atoms with Gasteiger partial charge in [0, 0.05) is 18.4 Å². The Balaban J connectivity index is 4.12. The van der Waals surface area contributed by atoms with Crippen LogP contribution in [0.5, 0.6) is 0 Å². The van der Waals surface area contributed by atoms with Gasteiger partial charge >= 0.3 is 5.97 Å². The topological polar surface area (TPSA) is 66.4 Å². The summed E-state index contributed by atoms with van der Waals surface area (Å²) in [5.41, 5.74) is 5.61. The second kappa shape index (κ2) is 17.0. The molecule has 170 valence electrons. The minimum atomic E-state index is -0.989. The lowest BCUT2D eigenvalue weighted by Crippen LogP contribution is -2.41. The molecule has 0 fully saturated rings. The highest BCUT2D eigenvalue weighted by atomic mass is 32.2. The van der Waals surface area contributed by atoms with Crippen LogP contribution in [0.3, 0.4) is 0 Å². The first-order chi connectivity index (χ1) is 14.1. The second-order valence-corrected chi connectivity index (χ2v) is 9.25. The number of carboxylic acid groups (broad SMARTS) is 1. The number of hydrogen-bond donors (Lipinski definition) is 2. The summed E-state index contributed by atoms with van der Waals surface area (Å²) < 4.78 is 0. The van der Waals surface area contributed by atoms with Crippen molar-refractivity contribution in [2.45, 2.75) is 86.1 Å². The lowest BCUT2D eigenvalue weighted by molar-refractivity contribution is -0.140. The first-order valence-corrected chi connectivity index (χ1v) is 11.9. The quantitative estimate of drug-likeness (QED) is 0.229. The van der Waals surface area contributed by atoms with Gasteiger partial charge in [0.05, 0.1) is 0 Å². The monoisotopic (exact) mass is 435 g/mol. The summed E-state index contributed by atoms with van der Waals surface area (Å²) in [7, 11) is 0. The fraction of sp³-hybridized carbons (Fsp3) is 0.600. The zero-order valence-corrected chi connectivity index (χ0v) is 20.5. The van der Waals surface area contributed by atoms with Crippen LogP contribution < -0.4 is 5.32 Å². The van der Waals surface area contributed by atoms with E-state index in [1.807, 2.05) is 0 Å². The van der Waals surface area contributed by atoms with Crippen molar-refractivity contribution in [3.63, 3.8) is 0 Å². The number of thioether (sulfide) groups is 1. The van der Waals surface area contributed by atoms with Gasteiger partial charge in [0.25, 0.3) is 0 Å². The van der Waals surface area contributed by atoms with Crippen molar-refractivity contribution in [3.05, 3.63) is 46.6 Å². The fourth-order valence-corrected chi connectivity index (χ4v) is 3.79. The molecule has 0 aromatic heterocycles. The summed E-state index contributed by atoms with van der Waals surface area (Å²) in [5, 5.41) is 11.6. The van der Waals surface area contributed by atoms with Crippen LogP contribution in [-0.4, -0.2) is 34.5 Å². The maximum atomic E-state index is 11.1. The van der Waals surface area contributed by atoms with Crippen molar-refractivity contribution in [2.75, 3.05) is 11.5 Å². The van der Waals surface area contributed by atoms with Crippen LogP contribution in [0.4, 0.5) is 0 Å². The van der Waals surface area contributed by atoms with E-state index in [0.29, 0.717) is 5.75 Å². The number of rotatable bonds is 15. The molecule has 2 N–H and O–H groups in total. The minimum Gasteiger partial charge on any atom is -0.480 e. The summed E-state index contributed by atoms with van der Waals surface area (Å²) in [5.74, 6) is -0.170. The Hall–Kier alpha value is -1.75. The van der Waals surface area contributed by atoms with Crippen LogP contribution in [0.25, 0.3) is 0 Å². The van der Waals surface area contributed by atoms with Crippen LogP contribution in [-0.2, 0) is 9.59 Å². The van der Waals surface area contributed by atoms with Crippen molar-refractivity contribution < 1.29 is 14.7 Å². The average molecular weight is 436 g/mol. The predicted octanol–water partition coefficient (Wildman–Crippen LogP) is 6.45. The SMILES string of the molecule is CC(=O)N[C@@H](CSC/C=C(\C)CCC=C(C)CC/C=C(\C)CCC=C(C)C)C(=O)O. The molecule has 30 heavy (non-hydrogen) atoms. The number of amides is 1. The summed E-state index contributed by atoms with van der Waals surface area (Å²) in [6, 6.07) is -0.822. The van der Waals surface area contributed by atoms with E-state index in [1.165, 1.54) is 41.0 Å². The Morgan fingerprint density at radius 3 is 1.70 bits per heavy atom. The van der Waals surface area contributed by atoms with Crippen LogP contribution in [0.15, 0.2) is 46.6 Å². The Bertz CT molecular complexity index is 655. The number of hydrogen-bond acceptors (Lipinski definition) is 3. The molecule has 0 aliphatic rings. The first kappa shape index (κ1) is 28.2. The minimum absolute atomic E-state index is 0.314. The van der Waals surface area contributed by atoms with Crippen molar-refractivity contribution in [3.8, 4) is 0 Å². The van der Waals surface area contributed by atoms with E-state index in [4.69, 9.17) is 5.11 Å². The lowest BCUT2D eigenvalue weighted by atomic mass is 10.0.